The Morgan fingerprint density at radius 1 is 1.07 bits per heavy atom. The predicted octanol–water partition coefficient (Wildman–Crippen LogP) is 5.74. The van der Waals surface area contributed by atoms with Crippen molar-refractivity contribution in [1.29, 1.82) is 0 Å². The second-order valence-corrected chi connectivity index (χ2v) is 9.21. The maximum Gasteiger partial charge on any atom is 0.0711 e. The number of anilines is 1. The maximum absolute atomic E-state index is 2.64. The van der Waals surface area contributed by atoms with Crippen LogP contribution in [0.2, 0.25) is 0 Å². The molecule has 0 aromatic heterocycles. The van der Waals surface area contributed by atoms with Gasteiger partial charge in [-0.05, 0) is 67.5 Å². The number of piperidine rings is 1. The fourth-order valence-corrected chi connectivity index (χ4v) is 4.66. The van der Waals surface area contributed by atoms with Crippen molar-refractivity contribution in [2.24, 2.45) is 5.41 Å². The van der Waals surface area contributed by atoms with E-state index in [1.165, 1.54) is 59.4 Å². The monoisotopic (exact) mass is 360 g/mol. The summed E-state index contributed by atoms with van der Waals surface area (Å²) in [6.07, 6.45) is 5.06. The van der Waals surface area contributed by atoms with E-state index in [4.69, 9.17) is 0 Å². The molecule has 1 saturated heterocycles. The first-order valence-electron chi connectivity index (χ1n) is 10.3. The van der Waals surface area contributed by atoms with E-state index in [0.717, 1.165) is 13.2 Å². The molecular weight excluding hydrogens is 328 g/mol. The zero-order chi connectivity index (χ0) is 19.0. The molecule has 0 radical (unpaired) electrons. The zero-order valence-corrected chi connectivity index (χ0v) is 17.3. The number of fused-ring (bicyclic) bond motifs is 1. The molecule has 0 spiro atoms. The summed E-state index contributed by atoms with van der Waals surface area (Å²) in [6, 6.07) is 15.7. The van der Waals surface area contributed by atoms with Gasteiger partial charge in [-0.15, -0.1) is 0 Å². The number of benzene rings is 2. The third-order valence-corrected chi connectivity index (χ3v) is 6.07. The SMILES string of the molecule is Cc1ccc(C)c(C=C2CN(CN3CCCC(C)(C)C3)c3ccccc32)c1. The van der Waals surface area contributed by atoms with Crippen LogP contribution in [0.3, 0.4) is 0 Å². The topological polar surface area (TPSA) is 6.48 Å². The summed E-state index contributed by atoms with van der Waals surface area (Å²) in [6.45, 7) is 13.6. The van der Waals surface area contributed by atoms with Gasteiger partial charge in [0, 0.05) is 24.3 Å². The van der Waals surface area contributed by atoms with Crippen molar-refractivity contribution >= 4 is 17.3 Å². The highest BCUT2D eigenvalue weighted by Gasteiger charge is 2.30. The highest BCUT2D eigenvalue weighted by Crippen LogP contribution is 2.38. The van der Waals surface area contributed by atoms with Crippen molar-refractivity contribution in [1.82, 2.24) is 4.90 Å². The van der Waals surface area contributed by atoms with Gasteiger partial charge in [-0.25, -0.2) is 0 Å². The Balaban J connectivity index is 1.61. The van der Waals surface area contributed by atoms with Gasteiger partial charge >= 0.3 is 0 Å². The third-order valence-electron chi connectivity index (χ3n) is 6.07. The molecule has 1 fully saturated rings. The summed E-state index contributed by atoms with van der Waals surface area (Å²) in [5, 5.41) is 0. The van der Waals surface area contributed by atoms with E-state index in [2.05, 4.69) is 86.0 Å². The highest BCUT2D eigenvalue weighted by atomic mass is 15.3. The van der Waals surface area contributed by atoms with Crippen molar-refractivity contribution < 1.29 is 0 Å². The molecule has 2 aliphatic rings. The molecule has 0 N–H and O–H groups in total. The van der Waals surface area contributed by atoms with E-state index in [1.54, 1.807) is 0 Å². The van der Waals surface area contributed by atoms with E-state index in [-0.39, 0.29) is 0 Å². The molecular formula is C25H32N2. The number of rotatable bonds is 3. The van der Waals surface area contributed by atoms with Crippen molar-refractivity contribution in [2.45, 2.75) is 40.5 Å². The second-order valence-electron chi connectivity index (χ2n) is 9.21. The largest absolute Gasteiger partial charge is 0.354 e. The number of hydrogen-bond acceptors (Lipinski definition) is 2. The first-order valence-corrected chi connectivity index (χ1v) is 10.3. The summed E-state index contributed by atoms with van der Waals surface area (Å²) in [7, 11) is 0. The Morgan fingerprint density at radius 3 is 2.70 bits per heavy atom. The summed E-state index contributed by atoms with van der Waals surface area (Å²) >= 11 is 0. The van der Waals surface area contributed by atoms with Crippen LogP contribution in [-0.2, 0) is 0 Å². The molecule has 2 heteroatoms. The van der Waals surface area contributed by atoms with Crippen molar-refractivity contribution in [3.63, 3.8) is 0 Å². The van der Waals surface area contributed by atoms with Gasteiger partial charge in [0.25, 0.3) is 0 Å². The summed E-state index contributed by atoms with van der Waals surface area (Å²) in [4.78, 5) is 5.20. The summed E-state index contributed by atoms with van der Waals surface area (Å²) in [5.41, 5.74) is 8.69. The van der Waals surface area contributed by atoms with E-state index >= 15 is 0 Å². The predicted molar refractivity (Wildman–Crippen MR) is 117 cm³/mol. The van der Waals surface area contributed by atoms with E-state index in [1.807, 2.05) is 0 Å². The second kappa shape index (κ2) is 7.16. The molecule has 0 aliphatic carbocycles. The van der Waals surface area contributed by atoms with Crippen LogP contribution in [0.25, 0.3) is 11.6 Å². The molecule has 27 heavy (non-hydrogen) atoms. The van der Waals surface area contributed by atoms with E-state index < -0.39 is 0 Å². The van der Waals surface area contributed by atoms with Crippen LogP contribution in [-0.4, -0.2) is 31.2 Å². The molecule has 4 rings (SSSR count). The van der Waals surface area contributed by atoms with Crippen LogP contribution < -0.4 is 4.90 Å². The van der Waals surface area contributed by atoms with Crippen LogP contribution >= 0.6 is 0 Å². The first-order chi connectivity index (χ1) is 12.9. The smallest absolute Gasteiger partial charge is 0.0711 e. The Labute approximate surface area is 164 Å². The molecule has 2 aliphatic heterocycles. The normalized spacial score (nSPS) is 20.9. The maximum atomic E-state index is 2.64. The van der Waals surface area contributed by atoms with Gasteiger partial charge in [-0.2, -0.15) is 0 Å². The molecule has 0 amide bonds. The van der Waals surface area contributed by atoms with E-state index in [0.29, 0.717) is 5.41 Å². The minimum absolute atomic E-state index is 0.439. The quantitative estimate of drug-likeness (QED) is 0.688. The Morgan fingerprint density at radius 2 is 1.89 bits per heavy atom. The third kappa shape index (κ3) is 3.96. The highest BCUT2D eigenvalue weighted by molar-refractivity contribution is 5.94. The molecule has 0 unspecified atom stereocenters. The van der Waals surface area contributed by atoms with Crippen molar-refractivity contribution in [3.8, 4) is 0 Å². The standard InChI is InChI=1S/C25H32N2/c1-19-10-11-20(2)21(14-19)15-22-16-27(24-9-6-5-8-23(22)24)18-26-13-7-12-25(3,4)17-26/h5-6,8-11,14-15H,7,12-13,16-18H2,1-4H3. The van der Waals surface area contributed by atoms with Crippen LogP contribution in [0, 0.1) is 19.3 Å². The van der Waals surface area contributed by atoms with Crippen LogP contribution in [0.1, 0.15) is 48.9 Å². The number of hydrogen-bond donors (Lipinski definition) is 0. The molecule has 2 nitrogen and oxygen atoms in total. The van der Waals surface area contributed by atoms with Gasteiger partial charge < -0.3 is 4.90 Å². The number of aryl methyl sites for hydroxylation is 2. The summed E-state index contributed by atoms with van der Waals surface area (Å²) < 4.78 is 0. The van der Waals surface area contributed by atoms with Gasteiger partial charge in [0.15, 0.2) is 0 Å². The number of likely N-dealkylation sites (tertiary alicyclic amines) is 1. The minimum atomic E-state index is 0.439. The lowest BCUT2D eigenvalue weighted by Crippen LogP contribution is -2.45. The Kier molecular flexibility index (Phi) is 4.86. The van der Waals surface area contributed by atoms with Crippen molar-refractivity contribution in [3.05, 3.63) is 64.7 Å². The molecule has 0 bridgehead atoms. The van der Waals surface area contributed by atoms with Gasteiger partial charge in [-0.1, -0.05) is 55.8 Å². The van der Waals surface area contributed by atoms with E-state index in [9.17, 15) is 0 Å². The van der Waals surface area contributed by atoms with Gasteiger partial charge in [0.1, 0.15) is 0 Å². The summed E-state index contributed by atoms with van der Waals surface area (Å²) in [5.74, 6) is 0. The fourth-order valence-electron chi connectivity index (χ4n) is 4.66. The van der Waals surface area contributed by atoms with Gasteiger partial charge in [-0.3, -0.25) is 4.90 Å². The molecule has 2 aromatic rings. The Hall–Kier alpha value is -2.06. The molecule has 2 aromatic carbocycles. The molecule has 2 heterocycles. The van der Waals surface area contributed by atoms with Crippen LogP contribution in [0.4, 0.5) is 5.69 Å². The zero-order valence-electron chi connectivity index (χ0n) is 17.3. The lowest BCUT2D eigenvalue weighted by Gasteiger charge is -2.40. The number of para-hydroxylation sites is 1. The minimum Gasteiger partial charge on any atom is -0.354 e. The molecule has 0 saturated carbocycles. The van der Waals surface area contributed by atoms with Gasteiger partial charge in [0.05, 0.1) is 6.67 Å². The Bertz CT molecular complexity index is 862. The average molecular weight is 361 g/mol. The lowest BCUT2D eigenvalue weighted by molar-refractivity contribution is 0.119. The molecule has 0 atom stereocenters. The first kappa shape index (κ1) is 18.3. The van der Waals surface area contributed by atoms with Gasteiger partial charge in [0.2, 0.25) is 0 Å². The van der Waals surface area contributed by atoms with Crippen LogP contribution in [0.15, 0.2) is 42.5 Å². The lowest BCUT2D eigenvalue weighted by atomic mass is 9.84. The fraction of sp³-hybridized carbons (Fsp3) is 0.440. The molecule has 142 valence electrons. The average Bonchev–Trinajstić information content (AvgIpc) is 2.95. The van der Waals surface area contributed by atoms with Crippen LogP contribution in [0.5, 0.6) is 0 Å². The number of nitrogens with zero attached hydrogens (tertiary/aromatic N) is 2. The van der Waals surface area contributed by atoms with Crippen molar-refractivity contribution in [2.75, 3.05) is 31.2 Å².